The monoisotopic (exact) mass is 291 g/mol. The first-order valence-electron chi connectivity index (χ1n) is 8.07. The average Bonchev–Trinajstić information content (AvgIpc) is 2.56. The van der Waals surface area contributed by atoms with Crippen LogP contribution in [0.15, 0.2) is 0 Å². The van der Waals surface area contributed by atoms with Crippen molar-refractivity contribution < 1.29 is 0 Å². The number of piperidine rings is 1. The number of nitrogens with zero attached hydrogens (tertiary/aromatic N) is 5. The van der Waals surface area contributed by atoms with Crippen molar-refractivity contribution in [2.75, 3.05) is 60.9 Å². The smallest absolute Gasteiger partial charge is 0.232 e. The molecule has 1 aromatic rings. The van der Waals surface area contributed by atoms with Crippen LogP contribution in [0, 0.1) is 0 Å². The summed E-state index contributed by atoms with van der Waals surface area (Å²) in [6, 6.07) is 0. The quantitative estimate of drug-likeness (QED) is 0.846. The van der Waals surface area contributed by atoms with Crippen molar-refractivity contribution in [1.29, 1.82) is 0 Å². The maximum atomic E-state index is 4.72. The van der Waals surface area contributed by atoms with E-state index in [-0.39, 0.29) is 0 Å². The number of rotatable bonds is 4. The zero-order valence-electron chi connectivity index (χ0n) is 12.8. The molecule has 21 heavy (non-hydrogen) atoms. The van der Waals surface area contributed by atoms with E-state index in [9.17, 15) is 0 Å². The molecular formula is C14H25N7. The van der Waals surface area contributed by atoms with E-state index >= 15 is 0 Å². The van der Waals surface area contributed by atoms with Gasteiger partial charge in [-0.2, -0.15) is 15.0 Å². The van der Waals surface area contributed by atoms with Crippen LogP contribution in [0.25, 0.3) is 0 Å². The van der Waals surface area contributed by atoms with Crippen molar-refractivity contribution >= 4 is 17.8 Å². The van der Waals surface area contributed by atoms with E-state index in [0.717, 1.165) is 57.7 Å². The lowest BCUT2D eigenvalue weighted by molar-refractivity contribution is 0.561. The van der Waals surface area contributed by atoms with Gasteiger partial charge in [0.25, 0.3) is 0 Å². The zero-order valence-corrected chi connectivity index (χ0v) is 12.8. The average molecular weight is 291 g/mol. The SMILES string of the molecule is CCNc1nc(N2CCCCC2)nc(N2CCNCC2)n1. The minimum absolute atomic E-state index is 0.696. The van der Waals surface area contributed by atoms with E-state index in [1.807, 2.05) is 0 Å². The molecule has 2 N–H and O–H groups in total. The Kier molecular flexibility index (Phi) is 4.69. The first-order valence-corrected chi connectivity index (χ1v) is 8.07. The van der Waals surface area contributed by atoms with Crippen LogP contribution in [-0.4, -0.2) is 60.8 Å². The van der Waals surface area contributed by atoms with E-state index in [1.165, 1.54) is 19.3 Å². The molecule has 116 valence electrons. The van der Waals surface area contributed by atoms with Crippen LogP contribution < -0.4 is 20.4 Å². The van der Waals surface area contributed by atoms with Gasteiger partial charge in [-0.3, -0.25) is 0 Å². The Labute approximate surface area is 126 Å². The Bertz CT molecular complexity index is 416. The Morgan fingerprint density at radius 1 is 0.905 bits per heavy atom. The van der Waals surface area contributed by atoms with Gasteiger partial charge in [0.15, 0.2) is 0 Å². The van der Waals surface area contributed by atoms with Crippen molar-refractivity contribution in [3.63, 3.8) is 0 Å². The largest absolute Gasteiger partial charge is 0.354 e. The number of nitrogens with one attached hydrogen (secondary N) is 2. The van der Waals surface area contributed by atoms with Crippen LogP contribution in [0.5, 0.6) is 0 Å². The number of piperazine rings is 1. The topological polar surface area (TPSA) is 69.2 Å². The van der Waals surface area contributed by atoms with E-state index < -0.39 is 0 Å². The molecule has 7 heteroatoms. The molecule has 2 saturated heterocycles. The maximum Gasteiger partial charge on any atom is 0.232 e. The highest BCUT2D eigenvalue weighted by Gasteiger charge is 2.19. The van der Waals surface area contributed by atoms with Crippen LogP contribution >= 0.6 is 0 Å². The molecule has 0 spiro atoms. The third-order valence-corrected chi connectivity index (χ3v) is 3.99. The number of aromatic nitrogens is 3. The van der Waals surface area contributed by atoms with E-state index in [2.05, 4.69) is 37.3 Å². The molecular weight excluding hydrogens is 266 g/mol. The Morgan fingerprint density at radius 2 is 1.52 bits per heavy atom. The maximum absolute atomic E-state index is 4.72. The Morgan fingerprint density at radius 3 is 2.14 bits per heavy atom. The summed E-state index contributed by atoms with van der Waals surface area (Å²) < 4.78 is 0. The first-order chi connectivity index (χ1) is 10.4. The third kappa shape index (κ3) is 3.53. The lowest BCUT2D eigenvalue weighted by atomic mass is 10.1. The van der Waals surface area contributed by atoms with Gasteiger partial charge in [0, 0.05) is 45.8 Å². The molecule has 3 heterocycles. The van der Waals surface area contributed by atoms with E-state index in [1.54, 1.807) is 0 Å². The standard InChI is InChI=1S/C14H25N7/c1-2-16-12-17-13(20-8-4-3-5-9-20)19-14(18-12)21-10-6-15-7-11-21/h15H,2-11H2,1H3,(H,16,17,18,19). The lowest BCUT2D eigenvalue weighted by Crippen LogP contribution is -2.44. The normalized spacial score (nSPS) is 19.7. The molecule has 0 radical (unpaired) electrons. The van der Waals surface area contributed by atoms with Crippen LogP contribution in [0.4, 0.5) is 17.8 Å². The van der Waals surface area contributed by atoms with Gasteiger partial charge in [-0.05, 0) is 26.2 Å². The van der Waals surface area contributed by atoms with Crippen LogP contribution in [0.3, 0.4) is 0 Å². The Balaban J connectivity index is 1.85. The predicted octanol–water partition coefficient (Wildman–Crippen LogP) is 0.703. The summed E-state index contributed by atoms with van der Waals surface area (Å²) in [6.45, 7) is 8.87. The van der Waals surface area contributed by atoms with Gasteiger partial charge in [-0.15, -0.1) is 0 Å². The lowest BCUT2D eigenvalue weighted by Gasteiger charge is -2.30. The highest BCUT2D eigenvalue weighted by Crippen LogP contribution is 2.20. The summed E-state index contributed by atoms with van der Waals surface area (Å²) in [7, 11) is 0. The fourth-order valence-corrected chi connectivity index (χ4v) is 2.83. The van der Waals surface area contributed by atoms with Gasteiger partial charge in [0.05, 0.1) is 0 Å². The number of hydrogen-bond acceptors (Lipinski definition) is 7. The molecule has 0 saturated carbocycles. The zero-order chi connectivity index (χ0) is 14.5. The van der Waals surface area contributed by atoms with Gasteiger partial charge in [-0.1, -0.05) is 0 Å². The van der Waals surface area contributed by atoms with Crippen molar-refractivity contribution in [3.05, 3.63) is 0 Å². The molecule has 0 aromatic carbocycles. The van der Waals surface area contributed by atoms with Crippen molar-refractivity contribution in [2.24, 2.45) is 0 Å². The first kappa shape index (κ1) is 14.3. The van der Waals surface area contributed by atoms with Gasteiger partial charge in [-0.25, -0.2) is 0 Å². The molecule has 0 unspecified atom stereocenters. The van der Waals surface area contributed by atoms with Gasteiger partial charge < -0.3 is 20.4 Å². The molecule has 7 nitrogen and oxygen atoms in total. The summed E-state index contributed by atoms with van der Waals surface area (Å²) in [6.07, 6.45) is 3.77. The molecule has 2 fully saturated rings. The van der Waals surface area contributed by atoms with E-state index in [4.69, 9.17) is 4.98 Å². The second-order valence-electron chi connectivity index (χ2n) is 5.57. The highest BCUT2D eigenvalue weighted by molar-refractivity contribution is 5.45. The minimum atomic E-state index is 0.696. The fourth-order valence-electron chi connectivity index (χ4n) is 2.83. The molecule has 0 bridgehead atoms. The number of hydrogen-bond donors (Lipinski definition) is 2. The summed E-state index contributed by atoms with van der Waals surface area (Å²) in [4.78, 5) is 18.4. The molecule has 0 aliphatic carbocycles. The molecule has 1 aromatic heterocycles. The van der Waals surface area contributed by atoms with Crippen molar-refractivity contribution in [3.8, 4) is 0 Å². The van der Waals surface area contributed by atoms with Gasteiger partial charge >= 0.3 is 0 Å². The fraction of sp³-hybridized carbons (Fsp3) is 0.786. The molecule has 0 amide bonds. The van der Waals surface area contributed by atoms with Gasteiger partial charge in [0.2, 0.25) is 17.8 Å². The number of anilines is 3. The van der Waals surface area contributed by atoms with E-state index in [0.29, 0.717) is 5.95 Å². The summed E-state index contributed by atoms with van der Waals surface area (Å²) in [5.41, 5.74) is 0. The second-order valence-corrected chi connectivity index (χ2v) is 5.57. The summed E-state index contributed by atoms with van der Waals surface area (Å²) >= 11 is 0. The third-order valence-electron chi connectivity index (χ3n) is 3.99. The molecule has 3 rings (SSSR count). The van der Waals surface area contributed by atoms with Crippen LogP contribution in [0.1, 0.15) is 26.2 Å². The molecule has 0 atom stereocenters. The van der Waals surface area contributed by atoms with Crippen LogP contribution in [-0.2, 0) is 0 Å². The van der Waals surface area contributed by atoms with Gasteiger partial charge in [0.1, 0.15) is 0 Å². The second kappa shape index (κ2) is 6.89. The Hall–Kier alpha value is -1.63. The van der Waals surface area contributed by atoms with Crippen molar-refractivity contribution in [1.82, 2.24) is 20.3 Å². The summed E-state index contributed by atoms with van der Waals surface area (Å²) in [5.74, 6) is 2.33. The van der Waals surface area contributed by atoms with Crippen LogP contribution in [0.2, 0.25) is 0 Å². The highest BCUT2D eigenvalue weighted by atomic mass is 15.4. The van der Waals surface area contributed by atoms with Crippen molar-refractivity contribution in [2.45, 2.75) is 26.2 Å². The molecule has 2 aliphatic heterocycles. The molecule has 2 aliphatic rings. The summed E-state index contributed by atoms with van der Waals surface area (Å²) in [5, 5.41) is 6.60. The predicted molar refractivity (Wildman–Crippen MR) is 85.1 cm³/mol. The minimum Gasteiger partial charge on any atom is -0.354 e.